The first-order valence-electron chi connectivity index (χ1n) is 9.26. The zero-order chi connectivity index (χ0) is 21.6. The third-order valence-corrected chi connectivity index (χ3v) is 4.16. The molecule has 0 unspecified atom stereocenters. The summed E-state index contributed by atoms with van der Waals surface area (Å²) in [5.74, 6) is 2.17. The molecular weight excluding hydrogens is 404 g/mol. The molecule has 31 heavy (non-hydrogen) atoms. The van der Waals surface area contributed by atoms with E-state index < -0.39 is 5.97 Å². The van der Waals surface area contributed by atoms with Crippen LogP contribution >= 0.6 is 0 Å². The van der Waals surface area contributed by atoms with Crippen LogP contribution in [0.25, 0.3) is 11.5 Å². The maximum Gasteiger partial charge on any atom is 0.338 e. The van der Waals surface area contributed by atoms with Gasteiger partial charge in [-0.25, -0.2) is 4.79 Å². The zero-order valence-electron chi connectivity index (χ0n) is 16.8. The summed E-state index contributed by atoms with van der Waals surface area (Å²) >= 11 is 0. The number of carbonyl (C=O) groups excluding carboxylic acids is 1. The van der Waals surface area contributed by atoms with E-state index >= 15 is 0 Å². The van der Waals surface area contributed by atoms with Crippen LogP contribution in [0, 0.1) is 6.92 Å². The van der Waals surface area contributed by atoms with Crippen molar-refractivity contribution in [3.05, 3.63) is 71.7 Å². The second-order valence-corrected chi connectivity index (χ2v) is 6.35. The molecule has 0 spiro atoms. The molecule has 0 radical (unpaired) electrons. The van der Waals surface area contributed by atoms with Crippen molar-refractivity contribution < 1.29 is 27.9 Å². The average Bonchev–Trinajstić information content (AvgIpc) is 3.45. The normalized spacial score (nSPS) is 10.6. The summed E-state index contributed by atoms with van der Waals surface area (Å²) in [6.45, 7) is 1.72. The fourth-order valence-electron chi connectivity index (χ4n) is 2.61. The number of aryl methyl sites for hydroxylation is 1. The van der Waals surface area contributed by atoms with Crippen LogP contribution in [0.5, 0.6) is 11.5 Å². The van der Waals surface area contributed by atoms with E-state index in [2.05, 4.69) is 20.3 Å². The predicted molar refractivity (Wildman–Crippen MR) is 105 cm³/mol. The zero-order valence-corrected chi connectivity index (χ0v) is 16.8. The standard InChI is InChI=1S/C21H18N4O6/c1-13-22-18(25-31-13)11-28-17-9-5-15(6-10-17)21(26)29-12-19-23-24-20(30-19)14-3-7-16(27-2)8-4-14/h3-10H,11-12H2,1-2H3. The Morgan fingerprint density at radius 1 is 0.968 bits per heavy atom. The van der Waals surface area contributed by atoms with Crippen molar-refractivity contribution in [2.24, 2.45) is 0 Å². The number of hydrogen-bond donors (Lipinski definition) is 0. The first kappa shape index (κ1) is 20.1. The van der Waals surface area contributed by atoms with E-state index in [9.17, 15) is 4.79 Å². The van der Waals surface area contributed by atoms with Gasteiger partial charge in [-0.3, -0.25) is 0 Å². The van der Waals surface area contributed by atoms with Gasteiger partial charge < -0.3 is 23.2 Å². The Balaban J connectivity index is 1.29. The number of ether oxygens (including phenoxy) is 3. The molecule has 4 aromatic rings. The van der Waals surface area contributed by atoms with Gasteiger partial charge in [-0.05, 0) is 48.5 Å². The topological polar surface area (TPSA) is 123 Å². The van der Waals surface area contributed by atoms with E-state index in [1.54, 1.807) is 62.6 Å². The van der Waals surface area contributed by atoms with Gasteiger partial charge in [0.1, 0.15) is 11.5 Å². The molecule has 2 heterocycles. The summed E-state index contributed by atoms with van der Waals surface area (Å²) in [7, 11) is 1.59. The van der Waals surface area contributed by atoms with Gasteiger partial charge in [-0.15, -0.1) is 10.2 Å². The highest BCUT2D eigenvalue weighted by molar-refractivity contribution is 5.89. The maximum atomic E-state index is 12.3. The van der Waals surface area contributed by atoms with Gasteiger partial charge >= 0.3 is 5.97 Å². The molecule has 158 valence electrons. The first-order valence-corrected chi connectivity index (χ1v) is 9.26. The molecule has 0 amide bonds. The van der Waals surface area contributed by atoms with E-state index in [0.717, 1.165) is 11.3 Å². The molecule has 2 aromatic carbocycles. The van der Waals surface area contributed by atoms with Gasteiger partial charge in [-0.2, -0.15) is 4.98 Å². The van der Waals surface area contributed by atoms with E-state index in [1.165, 1.54) is 0 Å². The summed E-state index contributed by atoms with van der Waals surface area (Å²) in [5, 5.41) is 11.6. The minimum Gasteiger partial charge on any atom is -0.497 e. The number of rotatable bonds is 8. The molecule has 0 atom stereocenters. The first-order chi connectivity index (χ1) is 15.1. The average molecular weight is 422 g/mol. The lowest BCUT2D eigenvalue weighted by atomic mass is 10.2. The van der Waals surface area contributed by atoms with Gasteiger partial charge in [0.25, 0.3) is 5.89 Å². The molecule has 0 bridgehead atoms. The lowest BCUT2D eigenvalue weighted by molar-refractivity contribution is 0.0438. The molecule has 0 N–H and O–H groups in total. The molecule has 2 aromatic heterocycles. The van der Waals surface area contributed by atoms with E-state index in [0.29, 0.717) is 28.9 Å². The lowest BCUT2D eigenvalue weighted by Gasteiger charge is -2.05. The molecular formula is C21H18N4O6. The summed E-state index contributed by atoms with van der Waals surface area (Å²) in [6, 6.07) is 13.7. The maximum absolute atomic E-state index is 12.3. The van der Waals surface area contributed by atoms with Crippen molar-refractivity contribution in [1.82, 2.24) is 20.3 Å². The van der Waals surface area contributed by atoms with Gasteiger partial charge in [0, 0.05) is 12.5 Å². The number of benzene rings is 2. The second kappa shape index (κ2) is 9.08. The minimum atomic E-state index is -0.524. The molecule has 4 rings (SSSR count). The Kier molecular flexibility index (Phi) is 5.88. The highest BCUT2D eigenvalue weighted by Gasteiger charge is 2.13. The molecule has 10 nitrogen and oxygen atoms in total. The summed E-state index contributed by atoms with van der Waals surface area (Å²) < 4.78 is 26.3. The van der Waals surface area contributed by atoms with Gasteiger partial charge in [-0.1, -0.05) is 5.16 Å². The van der Waals surface area contributed by atoms with Crippen molar-refractivity contribution in [1.29, 1.82) is 0 Å². The van der Waals surface area contributed by atoms with E-state index in [1.807, 2.05) is 0 Å². The quantitative estimate of drug-likeness (QED) is 0.390. The Bertz CT molecular complexity index is 1150. The molecule has 0 aliphatic rings. The monoisotopic (exact) mass is 422 g/mol. The molecule has 0 fully saturated rings. The van der Waals surface area contributed by atoms with Crippen LogP contribution in [-0.4, -0.2) is 33.4 Å². The van der Waals surface area contributed by atoms with Crippen LogP contribution < -0.4 is 9.47 Å². The third kappa shape index (κ3) is 5.04. The minimum absolute atomic E-state index is 0.141. The molecule has 0 aliphatic heterocycles. The number of aromatic nitrogens is 4. The molecule has 10 heteroatoms. The number of nitrogens with zero attached hydrogens (tertiary/aromatic N) is 4. The van der Waals surface area contributed by atoms with Gasteiger partial charge in [0.2, 0.25) is 17.6 Å². The molecule has 0 saturated heterocycles. The largest absolute Gasteiger partial charge is 0.497 e. The number of carbonyl (C=O) groups is 1. The fraction of sp³-hybridized carbons (Fsp3) is 0.190. The van der Waals surface area contributed by atoms with Gasteiger partial charge in [0.15, 0.2) is 13.2 Å². The van der Waals surface area contributed by atoms with Crippen LogP contribution in [-0.2, 0) is 18.0 Å². The lowest BCUT2D eigenvalue weighted by Crippen LogP contribution is -2.05. The Hall–Kier alpha value is -4.21. The van der Waals surface area contributed by atoms with E-state index in [-0.39, 0.29) is 19.1 Å². The number of hydrogen-bond acceptors (Lipinski definition) is 10. The van der Waals surface area contributed by atoms with Crippen molar-refractivity contribution in [2.45, 2.75) is 20.1 Å². The van der Waals surface area contributed by atoms with Crippen LogP contribution in [0.3, 0.4) is 0 Å². The van der Waals surface area contributed by atoms with Crippen LogP contribution in [0.2, 0.25) is 0 Å². The highest BCUT2D eigenvalue weighted by atomic mass is 16.5. The number of methoxy groups -OCH3 is 1. The van der Waals surface area contributed by atoms with Crippen molar-refractivity contribution in [3.8, 4) is 23.0 Å². The molecule has 0 saturated carbocycles. The Morgan fingerprint density at radius 2 is 1.71 bits per heavy atom. The van der Waals surface area contributed by atoms with Crippen molar-refractivity contribution in [2.75, 3.05) is 7.11 Å². The molecule has 0 aliphatic carbocycles. The third-order valence-electron chi connectivity index (χ3n) is 4.16. The summed E-state index contributed by atoms with van der Waals surface area (Å²) in [6.07, 6.45) is 0. The highest BCUT2D eigenvalue weighted by Crippen LogP contribution is 2.21. The summed E-state index contributed by atoms with van der Waals surface area (Å²) in [4.78, 5) is 16.3. The smallest absolute Gasteiger partial charge is 0.338 e. The second-order valence-electron chi connectivity index (χ2n) is 6.35. The van der Waals surface area contributed by atoms with Crippen molar-refractivity contribution >= 4 is 5.97 Å². The van der Waals surface area contributed by atoms with Crippen molar-refractivity contribution in [3.63, 3.8) is 0 Å². The van der Waals surface area contributed by atoms with Gasteiger partial charge in [0.05, 0.1) is 12.7 Å². The Labute approximate surface area is 176 Å². The number of esters is 1. The SMILES string of the molecule is COc1ccc(-c2nnc(COC(=O)c3ccc(OCc4noc(C)n4)cc3)o2)cc1. The van der Waals surface area contributed by atoms with Crippen LogP contribution in [0.1, 0.15) is 28.0 Å². The summed E-state index contributed by atoms with van der Waals surface area (Å²) in [5.41, 5.74) is 1.09. The Morgan fingerprint density at radius 3 is 2.39 bits per heavy atom. The predicted octanol–water partition coefficient (Wildman–Crippen LogP) is 3.37. The fourth-order valence-corrected chi connectivity index (χ4v) is 2.61. The van der Waals surface area contributed by atoms with E-state index in [4.69, 9.17) is 23.2 Å². The van der Waals surface area contributed by atoms with Crippen LogP contribution in [0.15, 0.2) is 57.5 Å². The van der Waals surface area contributed by atoms with Crippen LogP contribution in [0.4, 0.5) is 0 Å².